The van der Waals surface area contributed by atoms with E-state index >= 15 is 0 Å². The van der Waals surface area contributed by atoms with Gasteiger partial charge < -0.3 is 14.4 Å². The molecule has 3 aromatic rings. The van der Waals surface area contributed by atoms with Crippen molar-refractivity contribution in [2.24, 2.45) is 5.41 Å². The lowest BCUT2D eigenvalue weighted by atomic mass is 9.66. The Hall–Kier alpha value is -2.08. The highest BCUT2D eigenvalue weighted by molar-refractivity contribution is 6.35. The zero-order valence-electron chi connectivity index (χ0n) is 15.0. The molecular weight excluding hydrogens is 399 g/mol. The van der Waals surface area contributed by atoms with Crippen LogP contribution in [0.5, 0.6) is 0 Å². The number of hydrogen-bond acceptors (Lipinski definition) is 4. The quantitative estimate of drug-likeness (QED) is 0.651. The molecular formula is C21H18Cl2N2O3. The molecule has 1 aromatic heterocycles. The molecule has 1 aliphatic heterocycles. The summed E-state index contributed by atoms with van der Waals surface area (Å²) >= 11 is 12.1. The summed E-state index contributed by atoms with van der Waals surface area (Å²) in [6, 6.07) is 10.4. The summed E-state index contributed by atoms with van der Waals surface area (Å²) in [5.41, 5.74) is 2.60. The van der Waals surface area contributed by atoms with Crippen molar-refractivity contribution in [3.05, 3.63) is 52.0 Å². The molecule has 5 rings (SSSR count). The molecule has 1 spiro atoms. The number of oxazole rings is 1. The van der Waals surface area contributed by atoms with Crippen molar-refractivity contribution < 1.29 is 14.3 Å². The van der Waals surface area contributed by atoms with Gasteiger partial charge in [0.1, 0.15) is 5.52 Å². The fourth-order valence-electron chi connectivity index (χ4n) is 4.42. The highest BCUT2D eigenvalue weighted by Gasteiger charge is 2.48. The van der Waals surface area contributed by atoms with Crippen molar-refractivity contribution in [1.82, 2.24) is 9.88 Å². The van der Waals surface area contributed by atoms with Crippen LogP contribution in [-0.2, 0) is 0 Å². The number of halogens is 2. The van der Waals surface area contributed by atoms with Gasteiger partial charge in [0.25, 0.3) is 5.91 Å². The number of benzene rings is 2. The summed E-state index contributed by atoms with van der Waals surface area (Å²) in [5.74, 6) is 0.400. The molecule has 144 valence electrons. The standard InChI is InChI=1S/C21H18Cl2N2O3/c22-14-5-13(6-15(23)8-14)19-24-17-2-1-12(7-18(17)28-19)20(27)25-4-3-21(11-25)9-16(26)10-21/h1-2,5-8,16,26H,3-4,9-11H2. The molecule has 0 bridgehead atoms. The van der Waals surface area contributed by atoms with E-state index < -0.39 is 0 Å². The first-order valence-electron chi connectivity index (χ1n) is 9.25. The first-order chi connectivity index (χ1) is 13.4. The van der Waals surface area contributed by atoms with Gasteiger partial charge in [0, 0.05) is 34.3 Å². The monoisotopic (exact) mass is 416 g/mol. The molecule has 1 aliphatic carbocycles. The highest BCUT2D eigenvalue weighted by Crippen LogP contribution is 2.48. The topological polar surface area (TPSA) is 66.6 Å². The molecule has 2 fully saturated rings. The second kappa shape index (κ2) is 6.48. The average Bonchev–Trinajstić information content (AvgIpc) is 3.24. The van der Waals surface area contributed by atoms with Crippen molar-refractivity contribution in [3.63, 3.8) is 0 Å². The minimum atomic E-state index is -0.209. The number of aliphatic hydroxyl groups is 1. The SMILES string of the molecule is O=C(c1ccc2nc(-c3cc(Cl)cc(Cl)c3)oc2c1)N1CCC2(CC(O)C2)C1. The van der Waals surface area contributed by atoms with Crippen molar-refractivity contribution in [1.29, 1.82) is 0 Å². The van der Waals surface area contributed by atoms with E-state index in [9.17, 15) is 9.90 Å². The Morgan fingerprint density at radius 2 is 1.93 bits per heavy atom. The second-order valence-corrected chi connectivity index (χ2v) is 8.77. The zero-order valence-corrected chi connectivity index (χ0v) is 16.5. The maximum absolute atomic E-state index is 12.9. The van der Waals surface area contributed by atoms with Gasteiger partial charge in [-0.15, -0.1) is 0 Å². The lowest BCUT2D eigenvalue weighted by molar-refractivity contribution is -0.0242. The van der Waals surface area contributed by atoms with Gasteiger partial charge in [-0.05, 0) is 61.1 Å². The number of hydrogen-bond donors (Lipinski definition) is 1. The molecule has 0 unspecified atom stereocenters. The summed E-state index contributed by atoms with van der Waals surface area (Å²) in [7, 11) is 0. The Balaban J connectivity index is 1.41. The van der Waals surface area contributed by atoms with Crippen LogP contribution in [-0.4, -0.2) is 40.1 Å². The van der Waals surface area contributed by atoms with Gasteiger partial charge in [-0.3, -0.25) is 4.79 Å². The van der Waals surface area contributed by atoms with Crippen molar-refractivity contribution in [2.75, 3.05) is 13.1 Å². The molecule has 7 heteroatoms. The Kier molecular flexibility index (Phi) is 4.16. The number of aliphatic hydroxyl groups excluding tert-OH is 1. The normalized spacial score (nSPS) is 24.1. The van der Waals surface area contributed by atoms with Crippen LogP contribution in [0.4, 0.5) is 0 Å². The third kappa shape index (κ3) is 3.08. The van der Waals surface area contributed by atoms with Gasteiger partial charge in [0.15, 0.2) is 5.58 Å². The first kappa shape index (κ1) is 18.0. The third-order valence-corrected chi connectivity index (χ3v) is 6.24. The minimum Gasteiger partial charge on any atom is -0.436 e. The number of amides is 1. The van der Waals surface area contributed by atoms with Gasteiger partial charge in [0.05, 0.1) is 6.10 Å². The molecule has 1 amide bonds. The molecule has 1 N–H and O–H groups in total. The number of likely N-dealkylation sites (tertiary alicyclic amines) is 1. The lowest BCUT2D eigenvalue weighted by Gasteiger charge is -2.42. The van der Waals surface area contributed by atoms with Crippen LogP contribution in [0.25, 0.3) is 22.6 Å². The van der Waals surface area contributed by atoms with E-state index in [2.05, 4.69) is 4.98 Å². The molecule has 28 heavy (non-hydrogen) atoms. The minimum absolute atomic E-state index is 0.0103. The molecule has 2 aliphatic rings. The molecule has 0 atom stereocenters. The predicted molar refractivity (Wildman–Crippen MR) is 108 cm³/mol. The van der Waals surface area contributed by atoms with E-state index in [-0.39, 0.29) is 17.4 Å². The molecule has 5 nitrogen and oxygen atoms in total. The molecule has 1 saturated carbocycles. The lowest BCUT2D eigenvalue weighted by Crippen LogP contribution is -2.43. The van der Waals surface area contributed by atoms with Gasteiger partial charge in [-0.1, -0.05) is 23.2 Å². The molecule has 1 saturated heterocycles. The fourth-order valence-corrected chi connectivity index (χ4v) is 4.95. The van der Waals surface area contributed by atoms with Gasteiger partial charge in [-0.25, -0.2) is 4.98 Å². The summed E-state index contributed by atoms with van der Waals surface area (Å²) in [6.07, 6.45) is 2.34. The Morgan fingerprint density at radius 1 is 1.18 bits per heavy atom. The van der Waals surface area contributed by atoms with Crippen LogP contribution in [0.1, 0.15) is 29.6 Å². The number of nitrogens with zero attached hydrogens (tertiary/aromatic N) is 2. The Bertz CT molecular complexity index is 1070. The van der Waals surface area contributed by atoms with Crippen molar-refractivity contribution >= 4 is 40.2 Å². The number of carbonyl (C=O) groups excluding carboxylic acids is 1. The third-order valence-electron chi connectivity index (χ3n) is 5.81. The Labute approximate surface area is 171 Å². The average molecular weight is 417 g/mol. The smallest absolute Gasteiger partial charge is 0.254 e. The van der Waals surface area contributed by atoms with Gasteiger partial charge in [0.2, 0.25) is 5.89 Å². The van der Waals surface area contributed by atoms with Gasteiger partial charge in [-0.2, -0.15) is 0 Å². The van der Waals surface area contributed by atoms with Crippen LogP contribution in [0.3, 0.4) is 0 Å². The van der Waals surface area contributed by atoms with E-state index in [1.54, 1.807) is 36.4 Å². The predicted octanol–water partition coefficient (Wildman–Crippen LogP) is 4.79. The largest absolute Gasteiger partial charge is 0.436 e. The summed E-state index contributed by atoms with van der Waals surface area (Å²) in [6.45, 7) is 1.44. The molecule has 2 heterocycles. The van der Waals surface area contributed by atoms with E-state index in [0.717, 1.165) is 25.8 Å². The number of fused-ring (bicyclic) bond motifs is 1. The van der Waals surface area contributed by atoms with Crippen molar-refractivity contribution in [3.8, 4) is 11.5 Å². The molecule has 2 aromatic carbocycles. The molecule has 0 radical (unpaired) electrons. The maximum Gasteiger partial charge on any atom is 0.254 e. The summed E-state index contributed by atoms with van der Waals surface area (Å²) < 4.78 is 5.87. The second-order valence-electron chi connectivity index (χ2n) is 7.90. The zero-order chi connectivity index (χ0) is 19.5. The summed E-state index contributed by atoms with van der Waals surface area (Å²) in [5, 5.41) is 10.6. The highest BCUT2D eigenvalue weighted by atomic mass is 35.5. The van der Waals surface area contributed by atoms with E-state index in [0.29, 0.717) is 44.7 Å². The fraction of sp³-hybridized carbons (Fsp3) is 0.333. The van der Waals surface area contributed by atoms with E-state index in [4.69, 9.17) is 27.6 Å². The number of carbonyl (C=O) groups is 1. The first-order valence-corrected chi connectivity index (χ1v) is 10.0. The van der Waals surface area contributed by atoms with E-state index in [1.807, 2.05) is 4.90 Å². The van der Waals surface area contributed by atoms with Crippen molar-refractivity contribution in [2.45, 2.75) is 25.4 Å². The van der Waals surface area contributed by atoms with E-state index in [1.165, 1.54) is 0 Å². The maximum atomic E-state index is 12.9. The Morgan fingerprint density at radius 3 is 2.64 bits per heavy atom. The number of rotatable bonds is 2. The van der Waals surface area contributed by atoms with Crippen LogP contribution in [0, 0.1) is 5.41 Å². The van der Waals surface area contributed by atoms with Crippen LogP contribution in [0.15, 0.2) is 40.8 Å². The number of aromatic nitrogens is 1. The van der Waals surface area contributed by atoms with Crippen LogP contribution in [0.2, 0.25) is 10.0 Å². The van der Waals surface area contributed by atoms with Crippen LogP contribution >= 0.6 is 23.2 Å². The van der Waals surface area contributed by atoms with Gasteiger partial charge >= 0.3 is 0 Å². The van der Waals surface area contributed by atoms with Crippen LogP contribution < -0.4 is 0 Å². The summed E-state index contributed by atoms with van der Waals surface area (Å²) in [4.78, 5) is 19.3.